The Morgan fingerprint density at radius 1 is 1.24 bits per heavy atom. The lowest BCUT2D eigenvalue weighted by atomic mass is 9.70. The molecule has 1 unspecified atom stereocenters. The molecule has 142 valence electrons. The summed E-state index contributed by atoms with van der Waals surface area (Å²) in [4.78, 5) is 29.0. The minimum atomic E-state index is -0.758. The number of rotatable bonds is 6. The highest BCUT2D eigenvalue weighted by molar-refractivity contribution is 5.83. The molecule has 1 spiro atoms. The predicted molar refractivity (Wildman–Crippen MR) is 93.9 cm³/mol. The van der Waals surface area contributed by atoms with Gasteiger partial charge in [0.1, 0.15) is 0 Å². The summed E-state index contributed by atoms with van der Waals surface area (Å²) in [6, 6.07) is 0. The molecule has 2 saturated heterocycles. The van der Waals surface area contributed by atoms with Crippen molar-refractivity contribution in [1.82, 2.24) is 9.80 Å². The fourth-order valence-corrected chi connectivity index (χ4v) is 4.66. The van der Waals surface area contributed by atoms with Crippen LogP contribution in [0.3, 0.4) is 0 Å². The monoisotopic (exact) mass is 352 g/mol. The van der Waals surface area contributed by atoms with E-state index in [0.29, 0.717) is 26.3 Å². The van der Waals surface area contributed by atoms with E-state index in [1.54, 1.807) is 0 Å². The first kappa shape index (κ1) is 18.6. The molecule has 0 radical (unpaired) electrons. The molecule has 6 nitrogen and oxygen atoms in total. The van der Waals surface area contributed by atoms with Gasteiger partial charge < -0.3 is 19.6 Å². The van der Waals surface area contributed by atoms with Gasteiger partial charge in [0.25, 0.3) is 0 Å². The molecule has 2 heterocycles. The standard InChI is InChI=1S/C19H32N2O4/c1-3-20-14-18(15(17(20)23)13-25-4-2)8-10-21(11-9-18)16(22)12-19(24)6-5-7-19/h15,24H,3-14H2,1-2H3. The first-order valence-corrected chi connectivity index (χ1v) is 9.80. The van der Waals surface area contributed by atoms with Crippen LogP contribution in [0.25, 0.3) is 0 Å². The van der Waals surface area contributed by atoms with E-state index in [0.717, 1.165) is 45.2 Å². The summed E-state index contributed by atoms with van der Waals surface area (Å²) in [6.07, 6.45) is 4.44. The summed E-state index contributed by atoms with van der Waals surface area (Å²) in [5, 5.41) is 10.2. The number of ether oxygens (including phenoxy) is 1. The van der Waals surface area contributed by atoms with E-state index in [1.807, 2.05) is 23.6 Å². The molecule has 1 saturated carbocycles. The first-order valence-electron chi connectivity index (χ1n) is 9.80. The minimum absolute atomic E-state index is 0.0631. The lowest BCUT2D eigenvalue weighted by Crippen LogP contribution is -2.50. The van der Waals surface area contributed by atoms with E-state index in [-0.39, 0.29) is 29.6 Å². The average Bonchev–Trinajstić information content (AvgIpc) is 2.83. The Labute approximate surface area is 150 Å². The van der Waals surface area contributed by atoms with Crippen LogP contribution in [0.2, 0.25) is 0 Å². The number of aliphatic hydroxyl groups is 1. The molecule has 3 rings (SSSR count). The molecule has 3 fully saturated rings. The average molecular weight is 352 g/mol. The quantitative estimate of drug-likeness (QED) is 0.785. The molecular weight excluding hydrogens is 320 g/mol. The number of carbonyl (C=O) groups is 2. The van der Waals surface area contributed by atoms with E-state index in [4.69, 9.17) is 4.74 Å². The molecule has 0 aromatic heterocycles. The topological polar surface area (TPSA) is 70.1 Å². The van der Waals surface area contributed by atoms with Crippen LogP contribution in [0.4, 0.5) is 0 Å². The maximum absolute atomic E-state index is 12.7. The summed E-state index contributed by atoms with van der Waals surface area (Å²) in [7, 11) is 0. The number of nitrogens with zero attached hydrogens (tertiary/aromatic N) is 2. The molecule has 6 heteroatoms. The van der Waals surface area contributed by atoms with Gasteiger partial charge in [0.15, 0.2) is 0 Å². The third kappa shape index (κ3) is 3.56. The van der Waals surface area contributed by atoms with Crippen LogP contribution in [0.5, 0.6) is 0 Å². The molecular formula is C19H32N2O4. The zero-order valence-electron chi connectivity index (χ0n) is 15.6. The fourth-order valence-electron chi connectivity index (χ4n) is 4.66. The summed E-state index contributed by atoms with van der Waals surface area (Å²) in [5.74, 6) is 0.190. The van der Waals surface area contributed by atoms with Gasteiger partial charge in [-0.05, 0) is 46.0 Å². The number of hydrogen-bond acceptors (Lipinski definition) is 4. The molecule has 25 heavy (non-hydrogen) atoms. The number of hydrogen-bond donors (Lipinski definition) is 1. The number of likely N-dealkylation sites (tertiary alicyclic amines) is 2. The van der Waals surface area contributed by atoms with Gasteiger partial charge in [-0.3, -0.25) is 9.59 Å². The van der Waals surface area contributed by atoms with Gasteiger partial charge in [-0.2, -0.15) is 0 Å². The molecule has 3 aliphatic rings. The van der Waals surface area contributed by atoms with Crippen molar-refractivity contribution in [3.8, 4) is 0 Å². The molecule has 1 aliphatic carbocycles. The molecule has 0 bridgehead atoms. The van der Waals surface area contributed by atoms with Gasteiger partial charge in [0, 0.05) is 38.2 Å². The highest BCUT2D eigenvalue weighted by Crippen LogP contribution is 2.46. The highest BCUT2D eigenvalue weighted by Gasteiger charge is 2.53. The van der Waals surface area contributed by atoms with Crippen molar-refractivity contribution in [2.24, 2.45) is 11.3 Å². The normalized spacial score (nSPS) is 27.6. The Morgan fingerprint density at radius 2 is 1.92 bits per heavy atom. The predicted octanol–water partition coefficient (Wildman–Crippen LogP) is 1.42. The van der Waals surface area contributed by atoms with Gasteiger partial charge >= 0.3 is 0 Å². The smallest absolute Gasteiger partial charge is 0.228 e. The summed E-state index contributed by atoms with van der Waals surface area (Å²) in [5.41, 5.74) is -0.821. The summed E-state index contributed by atoms with van der Waals surface area (Å²) < 4.78 is 5.61. The second-order valence-electron chi connectivity index (χ2n) is 8.06. The van der Waals surface area contributed by atoms with Gasteiger partial charge in [-0.1, -0.05) is 0 Å². The van der Waals surface area contributed by atoms with Crippen molar-refractivity contribution in [1.29, 1.82) is 0 Å². The Hall–Kier alpha value is -1.14. The van der Waals surface area contributed by atoms with Crippen molar-refractivity contribution in [2.45, 2.75) is 58.0 Å². The van der Waals surface area contributed by atoms with Gasteiger partial charge in [-0.25, -0.2) is 0 Å². The number of carbonyl (C=O) groups excluding carboxylic acids is 2. The molecule has 0 aromatic carbocycles. The second-order valence-corrected chi connectivity index (χ2v) is 8.06. The Bertz CT molecular complexity index is 510. The Morgan fingerprint density at radius 3 is 2.44 bits per heavy atom. The van der Waals surface area contributed by atoms with Crippen LogP contribution in [-0.4, -0.2) is 71.7 Å². The third-order valence-electron chi connectivity index (χ3n) is 6.60. The molecule has 2 amide bonds. The number of piperidine rings is 1. The Balaban J connectivity index is 1.62. The zero-order valence-corrected chi connectivity index (χ0v) is 15.6. The lowest BCUT2D eigenvalue weighted by Gasteiger charge is -2.43. The fraction of sp³-hybridized carbons (Fsp3) is 0.895. The van der Waals surface area contributed by atoms with Crippen molar-refractivity contribution < 1.29 is 19.4 Å². The molecule has 0 aromatic rings. The van der Waals surface area contributed by atoms with Crippen LogP contribution in [0.1, 0.15) is 52.4 Å². The minimum Gasteiger partial charge on any atom is -0.389 e. The van der Waals surface area contributed by atoms with Crippen LogP contribution in [0.15, 0.2) is 0 Å². The lowest BCUT2D eigenvalue weighted by molar-refractivity contribution is -0.143. The van der Waals surface area contributed by atoms with E-state index in [9.17, 15) is 14.7 Å². The van der Waals surface area contributed by atoms with Gasteiger partial charge in [0.05, 0.1) is 24.5 Å². The van der Waals surface area contributed by atoms with Crippen molar-refractivity contribution in [3.63, 3.8) is 0 Å². The second kappa shape index (κ2) is 7.23. The van der Waals surface area contributed by atoms with Crippen molar-refractivity contribution >= 4 is 11.8 Å². The van der Waals surface area contributed by atoms with E-state index >= 15 is 0 Å². The Kier molecular flexibility index (Phi) is 5.40. The van der Waals surface area contributed by atoms with Crippen LogP contribution >= 0.6 is 0 Å². The number of amides is 2. The van der Waals surface area contributed by atoms with E-state index in [1.165, 1.54) is 0 Å². The zero-order chi connectivity index (χ0) is 18.1. The van der Waals surface area contributed by atoms with Crippen LogP contribution < -0.4 is 0 Å². The van der Waals surface area contributed by atoms with Crippen LogP contribution in [0, 0.1) is 11.3 Å². The highest BCUT2D eigenvalue weighted by atomic mass is 16.5. The summed E-state index contributed by atoms with van der Waals surface area (Å²) in [6.45, 7) is 7.97. The maximum atomic E-state index is 12.7. The van der Waals surface area contributed by atoms with Gasteiger partial charge in [0.2, 0.25) is 11.8 Å². The van der Waals surface area contributed by atoms with E-state index < -0.39 is 5.60 Å². The molecule has 1 atom stereocenters. The van der Waals surface area contributed by atoms with E-state index in [2.05, 4.69) is 0 Å². The molecule has 1 N–H and O–H groups in total. The first-order chi connectivity index (χ1) is 11.9. The van der Waals surface area contributed by atoms with Gasteiger partial charge in [-0.15, -0.1) is 0 Å². The van der Waals surface area contributed by atoms with Crippen molar-refractivity contribution in [3.05, 3.63) is 0 Å². The molecule has 2 aliphatic heterocycles. The SMILES string of the molecule is CCOCC1C(=O)N(CC)CC12CCN(C(=O)CC1(O)CCC1)CC2. The van der Waals surface area contributed by atoms with Crippen molar-refractivity contribution in [2.75, 3.05) is 39.4 Å². The maximum Gasteiger partial charge on any atom is 0.228 e. The largest absolute Gasteiger partial charge is 0.389 e. The summed E-state index contributed by atoms with van der Waals surface area (Å²) >= 11 is 0. The van der Waals surface area contributed by atoms with Crippen LogP contribution in [-0.2, 0) is 14.3 Å². The third-order valence-corrected chi connectivity index (χ3v) is 6.60.